The van der Waals surface area contributed by atoms with Gasteiger partial charge in [0.15, 0.2) is 0 Å². The van der Waals surface area contributed by atoms with Crippen LogP contribution in [0.15, 0.2) is 12.2 Å². The van der Waals surface area contributed by atoms with E-state index in [2.05, 4.69) is 12.0 Å². The molecule has 0 saturated carbocycles. The molecule has 0 atom stereocenters. The maximum atomic E-state index is 11.4. The van der Waals surface area contributed by atoms with Crippen LogP contribution in [0, 0.1) is 0 Å². The van der Waals surface area contributed by atoms with Gasteiger partial charge in [-0.25, -0.2) is 5.01 Å². The van der Waals surface area contributed by atoms with Crippen molar-refractivity contribution < 1.29 is 4.79 Å². The van der Waals surface area contributed by atoms with Crippen molar-refractivity contribution in [3.63, 3.8) is 0 Å². The van der Waals surface area contributed by atoms with E-state index in [-0.39, 0.29) is 5.91 Å². The fraction of sp³-hybridized carbons (Fsp3) is 0.700. The van der Waals surface area contributed by atoms with Crippen LogP contribution in [-0.4, -0.2) is 24.0 Å². The van der Waals surface area contributed by atoms with Gasteiger partial charge in [0.2, 0.25) is 0 Å². The van der Waals surface area contributed by atoms with Crippen molar-refractivity contribution in [1.82, 2.24) is 10.4 Å². The zero-order valence-corrected chi connectivity index (χ0v) is 8.89. The summed E-state index contributed by atoms with van der Waals surface area (Å²) < 4.78 is 0. The summed E-state index contributed by atoms with van der Waals surface area (Å²) in [5.74, 6) is -0.0504. The molecular formula is C10H20N2O. The van der Waals surface area contributed by atoms with E-state index in [9.17, 15) is 4.79 Å². The summed E-state index contributed by atoms with van der Waals surface area (Å²) in [7, 11) is 0. The minimum atomic E-state index is -0.0504. The number of amides is 1. The zero-order valence-electron chi connectivity index (χ0n) is 8.89. The van der Waals surface area contributed by atoms with E-state index >= 15 is 0 Å². The van der Waals surface area contributed by atoms with E-state index in [0.29, 0.717) is 5.57 Å². The van der Waals surface area contributed by atoms with Crippen LogP contribution in [-0.2, 0) is 4.79 Å². The lowest BCUT2D eigenvalue weighted by atomic mass is 10.2. The molecule has 3 nitrogen and oxygen atoms in total. The number of nitrogens with zero attached hydrogens (tertiary/aromatic N) is 1. The highest BCUT2D eigenvalue weighted by Crippen LogP contribution is 2.01. The summed E-state index contributed by atoms with van der Waals surface area (Å²) in [6.45, 7) is 11.4. The minimum Gasteiger partial charge on any atom is -0.285 e. The number of hydrogen-bond acceptors (Lipinski definition) is 2. The summed E-state index contributed by atoms with van der Waals surface area (Å²) in [5.41, 5.74) is 3.46. The lowest BCUT2D eigenvalue weighted by Crippen LogP contribution is -2.42. The lowest BCUT2D eigenvalue weighted by molar-refractivity contribution is -0.122. The van der Waals surface area contributed by atoms with E-state index in [1.165, 1.54) is 0 Å². The molecule has 0 heterocycles. The summed E-state index contributed by atoms with van der Waals surface area (Å²) in [4.78, 5) is 11.4. The Morgan fingerprint density at radius 1 is 1.31 bits per heavy atom. The number of hydrogen-bond donors (Lipinski definition) is 1. The summed E-state index contributed by atoms with van der Waals surface area (Å²) >= 11 is 0. The molecule has 0 spiro atoms. The van der Waals surface area contributed by atoms with Gasteiger partial charge >= 0.3 is 0 Å². The number of nitrogens with one attached hydrogen (secondary N) is 1. The molecule has 0 aliphatic rings. The molecule has 0 unspecified atom stereocenters. The van der Waals surface area contributed by atoms with Crippen molar-refractivity contribution in [2.75, 3.05) is 13.1 Å². The molecule has 0 bridgehead atoms. The molecule has 0 saturated heterocycles. The second kappa shape index (κ2) is 6.66. The number of carbonyl (C=O) groups is 1. The maximum absolute atomic E-state index is 11.4. The van der Waals surface area contributed by atoms with E-state index in [1.807, 2.05) is 25.8 Å². The quantitative estimate of drug-likeness (QED) is 0.503. The van der Waals surface area contributed by atoms with Crippen molar-refractivity contribution >= 4 is 5.91 Å². The first-order valence-electron chi connectivity index (χ1n) is 4.89. The Bertz CT molecular complexity index is 174. The zero-order chi connectivity index (χ0) is 10.3. The molecule has 76 valence electrons. The van der Waals surface area contributed by atoms with E-state index in [4.69, 9.17) is 0 Å². The number of hydrazine groups is 1. The van der Waals surface area contributed by atoms with Gasteiger partial charge in [-0.05, 0) is 6.42 Å². The molecule has 0 radical (unpaired) electrons. The van der Waals surface area contributed by atoms with E-state index in [1.54, 1.807) is 0 Å². The van der Waals surface area contributed by atoms with Gasteiger partial charge in [0.25, 0.3) is 5.91 Å². The predicted octanol–water partition coefficient (Wildman–Crippen LogP) is 1.72. The Balaban J connectivity index is 3.90. The van der Waals surface area contributed by atoms with Crippen LogP contribution < -0.4 is 5.43 Å². The van der Waals surface area contributed by atoms with Crippen LogP contribution in [0.2, 0.25) is 0 Å². The third-order valence-corrected chi connectivity index (χ3v) is 1.90. The Kier molecular flexibility index (Phi) is 6.24. The highest BCUT2D eigenvalue weighted by Gasteiger charge is 2.08. The normalized spacial score (nSPS) is 10.2. The maximum Gasteiger partial charge on any atom is 0.260 e. The molecule has 0 aromatic rings. The molecule has 0 aromatic carbocycles. The first-order valence-corrected chi connectivity index (χ1v) is 4.89. The molecular weight excluding hydrogens is 164 g/mol. The van der Waals surface area contributed by atoms with Crippen LogP contribution in [0.4, 0.5) is 0 Å². The number of rotatable bonds is 6. The topological polar surface area (TPSA) is 32.3 Å². The van der Waals surface area contributed by atoms with Crippen molar-refractivity contribution in [2.24, 2.45) is 0 Å². The average Bonchev–Trinajstić information content (AvgIpc) is 2.14. The second-order valence-corrected chi connectivity index (χ2v) is 2.97. The van der Waals surface area contributed by atoms with Gasteiger partial charge in [-0.1, -0.05) is 33.8 Å². The standard InChI is InChI=1S/C10H20N2O/c1-5-8-9(4)10(13)11-12(6-2)7-3/h4-8H2,1-3H3,(H,11,13). The van der Waals surface area contributed by atoms with Gasteiger partial charge < -0.3 is 0 Å². The third kappa shape index (κ3) is 4.68. The van der Waals surface area contributed by atoms with Crippen molar-refractivity contribution in [1.29, 1.82) is 0 Å². The van der Waals surface area contributed by atoms with Gasteiger partial charge in [-0.3, -0.25) is 10.2 Å². The predicted molar refractivity (Wildman–Crippen MR) is 55.1 cm³/mol. The van der Waals surface area contributed by atoms with Crippen LogP contribution in [0.25, 0.3) is 0 Å². The molecule has 1 N–H and O–H groups in total. The van der Waals surface area contributed by atoms with Crippen LogP contribution in [0.1, 0.15) is 33.6 Å². The highest BCUT2D eigenvalue weighted by molar-refractivity contribution is 5.92. The Morgan fingerprint density at radius 3 is 2.23 bits per heavy atom. The minimum absolute atomic E-state index is 0.0504. The molecule has 3 heteroatoms. The van der Waals surface area contributed by atoms with Gasteiger partial charge in [-0.15, -0.1) is 0 Å². The monoisotopic (exact) mass is 184 g/mol. The fourth-order valence-corrected chi connectivity index (χ4v) is 1.02. The molecule has 0 rings (SSSR count). The molecule has 13 heavy (non-hydrogen) atoms. The van der Waals surface area contributed by atoms with Crippen LogP contribution in [0.5, 0.6) is 0 Å². The molecule has 0 aromatic heterocycles. The van der Waals surface area contributed by atoms with Gasteiger partial charge in [0.05, 0.1) is 0 Å². The Labute approximate surface area is 80.8 Å². The van der Waals surface area contributed by atoms with Crippen LogP contribution >= 0.6 is 0 Å². The largest absolute Gasteiger partial charge is 0.285 e. The summed E-state index contributed by atoms with van der Waals surface area (Å²) in [6.07, 6.45) is 1.73. The molecule has 0 aliphatic heterocycles. The second-order valence-electron chi connectivity index (χ2n) is 2.97. The third-order valence-electron chi connectivity index (χ3n) is 1.90. The van der Waals surface area contributed by atoms with Crippen molar-refractivity contribution in [3.05, 3.63) is 12.2 Å². The molecule has 1 amide bonds. The lowest BCUT2D eigenvalue weighted by Gasteiger charge is -2.19. The first kappa shape index (κ1) is 12.2. The van der Waals surface area contributed by atoms with E-state index < -0.39 is 0 Å². The SMILES string of the molecule is C=C(CCC)C(=O)NN(CC)CC. The highest BCUT2D eigenvalue weighted by atomic mass is 16.2. The molecule has 0 fully saturated rings. The van der Waals surface area contributed by atoms with Gasteiger partial charge in [0, 0.05) is 18.7 Å². The van der Waals surface area contributed by atoms with Crippen LogP contribution in [0.3, 0.4) is 0 Å². The van der Waals surface area contributed by atoms with Gasteiger partial charge in [0.1, 0.15) is 0 Å². The summed E-state index contributed by atoms with van der Waals surface area (Å²) in [6, 6.07) is 0. The molecule has 0 aliphatic carbocycles. The van der Waals surface area contributed by atoms with E-state index in [0.717, 1.165) is 25.9 Å². The van der Waals surface area contributed by atoms with Gasteiger partial charge in [-0.2, -0.15) is 0 Å². The average molecular weight is 184 g/mol. The smallest absolute Gasteiger partial charge is 0.260 e. The Hall–Kier alpha value is -0.830. The summed E-state index contributed by atoms with van der Waals surface area (Å²) in [5, 5.41) is 1.86. The Morgan fingerprint density at radius 2 is 1.85 bits per heavy atom. The fourth-order valence-electron chi connectivity index (χ4n) is 1.02. The van der Waals surface area contributed by atoms with Crippen molar-refractivity contribution in [3.8, 4) is 0 Å². The number of carbonyl (C=O) groups excluding carboxylic acids is 1. The van der Waals surface area contributed by atoms with Crippen molar-refractivity contribution in [2.45, 2.75) is 33.6 Å². The first-order chi connectivity index (χ1) is 6.15.